The molecular formula is C19H27N5O. The number of amidine groups is 1. The van der Waals surface area contributed by atoms with E-state index in [0.29, 0.717) is 23.7 Å². The standard InChI is InChI=1S/C19H27N5O/c1-6-8-18(21)15(4)24-19(23-14(3)13(2)22-5)16-9-7-10-17(11-16)25-12-20/h7,9-11,13,15,21-22H,3,6,8H2,1-2,4-5H3,(H,23,24)/t13?,15-/m0/s1. The number of hydrogen-bond acceptors (Lipinski definition) is 5. The van der Waals surface area contributed by atoms with Gasteiger partial charge in [-0.15, -0.1) is 5.26 Å². The Bertz CT molecular complexity index is 675. The van der Waals surface area contributed by atoms with Gasteiger partial charge in [-0.05, 0) is 39.4 Å². The molecule has 6 nitrogen and oxygen atoms in total. The van der Waals surface area contributed by atoms with Crippen LogP contribution in [0.3, 0.4) is 0 Å². The number of benzene rings is 1. The molecule has 0 aliphatic heterocycles. The molecule has 6 heteroatoms. The van der Waals surface area contributed by atoms with Crippen LogP contribution in [0.5, 0.6) is 5.75 Å². The Morgan fingerprint density at radius 1 is 1.44 bits per heavy atom. The van der Waals surface area contributed by atoms with Crippen LogP contribution in [-0.4, -0.2) is 30.7 Å². The van der Waals surface area contributed by atoms with E-state index in [1.807, 2.05) is 33.9 Å². The van der Waals surface area contributed by atoms with Crippen molar-refractivity contribution in [2.24, 2.45) is 4.99 Å². The highest BCUT2D eigenvalue weighted by Gasteiger charge is 2.13. The second-order valence-electron chi connectivity index (χ2n) is 5.81. The van der Waals surface area contributed by atoms with Gasteiger partial charge in [-0.1, -0.05) is 32.1 Å². The molecular weight excluding hydrogens is 314 g/mol. The molecule has 0 saturated carbocycles. The first-order valence-corrected chi connectivity index (χ1v) is 8.37. The normalized spacial score (nSPS) is 13.5. The lowest BCUT2D eigenvalue weighted by atomic mass is 10.1. The maximum absolute atomic E-state index is 8.71. The number of hydrogen-bond donors (Lipinski definition) is 3. The molecule has 0 heterocycles. The highest BCUT2D eigenvalue weighted by Crippen LogP contribution is 2.15. The molecule has 0 fully saturated rings. The lowest BCUT2D eigenvalue weighted by molar-refractivity contribution is 0.507. The van der Waals surface area contributed by atoms with Crippen molar-refractivity contribution >= 4 is 11.5 Å². The molecule has 0 bridgehead atoms. The highest BCUT2D eigenvalue weighted by atomic mass is 16.5. The molecule has 1 aromatic carbocycles. The van der Waals surface area contributed by atoms with Gasteiger partial charge in [-0.25, -0.2) is 0 Å². The predicted molar refractivity (Wildman–Crippen MR) is 102 cm³/mol. The maximum Gasteiger partial charge on any atom is 0.292 e. The highest BCUT2D eigenvalue weighted by molar-refractivity contribution is 6.02. The van der Waals surface area contributed by atoms with Gasteiger partial charge in [0.1, 0.15) is 11.6 Å². The molecule has 134 valence electrons. The van der Waals surface area contributed by atoms with Crippen LogP contribution in [0.15, 0.2) is 41.5 Å². The lowest BCUT2D eigenvalue weighted by Gasteiger charge is -2.19. The van der Waals surface area contributed by atoms with E-state index in [9.17, 15) is 0 Å². The Hall–Kier alpha value is -2.65. The summed E-state index contributed by atoms with van der Waals surface area (Å²) in [4.78, 5) is 4.68. The van der Waals surface area contributed by atoms with E-state index in [1.54, 1.807) is 24.5 Å². The first-order chi connectivity index (χ1) is 11.9. The van der Waals surface area contributed by atoms with E-state index in [2.05, 4.69) is 22.2 Å². The second-order valence-corrected chi connectivity index (χ2v) is 5.81. The summed E-state index contributed by atoms with van der Waals surface area (Å²) in [6.07, 6.45) is 3.30. The molecule has 1 aromatic rings. The van der Waals surface area contributed by atoms with Crippen molar-refractivity contribution in [2.75, 3.05) is 7.05 Å². The number of rotatable bonds is 9. The smallest absolute Gasteiger partial charge is 0.292 e. The summed E-state index contributed by atoms with van der Waals surface area (Å²) in [7, 11) is 1.86. The molecule has 0 spiro atoms. The minimum absolute atomic E-state index is 0.0501. The van der Waals surface area contributed by atoms with Gasteiger partial charge in [0.05, 0.1) is 6.04 Å². The minimum atomic E-state index is -0.249. The number of likely N-dealkylation sites (N-methyl/N-ethyl adjacent to an activating group) is 1. The van der Waals surface area contributed by atoms with Crippen molar-refractivity contribution in [3.05, 3.63) is 42.1 Å². The van der Waals surface area contributed by atoms with E-state index in [0.717, 1.165) is 17.7 Å². The van der Waals surface area contributed by atoms with Crippen LogP contribution in [-0.2, 0) is 0 Å². The summed E-state index contributed by atoms with van der Waals surface area (Å²) in [6.45, 7) is 9.98. The van der Waals surface area contributed by atoms with E-state index in [1.165, 1.54) is 0 Å². The number of nitriles is 1. The number of aliphatic imine (C=N–C) groups is 1. The zero-order valence-electron chi connectivity index (χ0n) is 15.4. The zero-order chi connectivity index (χ0) is 18.8. The van der Waals surface area contributed by atoms with Crippen LogP contribution in [0, 0.1) is 16.9 Å². The summed E-state index contributed by atoms with van der Waals surface area (Å²) in [5.74, 6) is 1.04. The van der Waals surface area contributed by atoms with Crippen LogP contribution in [0.4, 0.5) is 0 Å². The molecule has 0 aliphatic carbocycles. The van der Waals surface area contributed by atoms with Crippen molar-refractivity contribution in [1.82, 2.24) is 10.6 Å². The van der Waals surface area contributed by atoms with Crippen LogP contribution in [0.1, 0.15) is 39.2 Å². The molecule has 2 atom stereocenters. The summed E-state index contributed by atoms with van der Waals surface area (Å²) < 4.78 is 4.91. The molecule has 1 unspecified atom stereocenters. The summed E-state index contributed by atoms with van der Waals surface area (Å²) in [5, 5.41) is 23.2. The van der Waals surface area contributed by atoms with Crippen molar-refractivity contribution in [2.45, 2.75) is 45.7 Å². The zero-order valence-corrected chi connectivity index (χ0v) is 15.4. The lowest BCUT2D eigenvalue weighted by Crippen LogP contribution is -2.35. The molecule has 0 saturated heterocycles. The van der Waals surface area contributed by atoms with Gasteiger partial charge in [-0.2, -0.15) is 0 Å². The summed E-state index contributed by atoms with van der Waals surface area (Å²) in [6, 6.07) is 6.92. The first-order valence-electron chi connectivity index (χ1n) is 8.37. The summed E-state index contributed by atoms with van der Waals surface area (Å²) in [5.41, 5.74) is 2.12. The monoisotopic (exact) mass is 341 g/mol. The average Bonchev–Trinajstić information content (AvgIpc) is 2.60. The van der Waals surface area contributed by atoms with E-state index in [4.69, 9.17) is 15.4 Å². The molecule has 1 rings (SSSR count). The Morgan fingerprint density at radius 2 is 2.16 bits per heavy atom. The molecule has 0 aromatic heterocycles. The number of nitrogens with zero attached hydrogens (tertiary/aromatic N) is 2. The number of ether oxygens (including phenoxy) is 1. The third-order valence-electron chi connectivity index (χ3n) is 3.85. The Morgan fingerprint density at radius 3 is 2.76 bits per heavy atom. The van der Waals surface area contributed by atoms with Crippen LogP contribution < -0.4 is 15.4 Å². The topological polar surface area (TPSA) is 93.3 Å². The predicted octanol–water partition coefficient (Wildman–Crippen LogP) is 3.21. The van der Waals surface area contributed by atoms with Crippen molar-refractivity contribution in [3.8, 4) is 12.0 Å². The van der Waals surface area contributed by atoms with Gasteiger partial charge in [0.15, 0.2) is 0 Å². The van der Waals surface area contributed by atoms with Gasteiger partial charge in [0, 0.05) is 23.0 Å². The van der Waals surface area contributed by atoms with E-state index in [-0.39, 0.29) is 12.1 Å². The maximum atomic E-state index is 8.71. The average molecular weight is 341 g/mol. The van der Waals surface area contributed by atoms with Gasteiger partial charge in [0.25, 0.3) is 6.26 Å². The molecule has 3 N–H and O–H groups in total. The Labute approximate surface area is 150 Å². The largest absolute Gasteiger partial charge is 0.388 e. The number of nitrogens with one attached hydrogen (secondary N) is 3. The molecule has 0 amide bonds. The van der Waals surface area contributed by atoms with Crippen LogP contribution in [0.25, 0.3) is 0 Å². The van der Waals surface area contributed by atoms with Crippen molar-refractivity contribution in [3.63, 3.8) is 0 Å². The second kappa shape index (κ2) is 10.3. The molecule has 0 aliphatic rings. The van der Waals surface area contributed by atoms with E-state index < -0.39 is 0 Å². The third-order valence-corrected chi connectivity index (χ3v) is 3.85. The fourth-order valence-electron chi connectivity index (χ4n) is 2.12. The van der Waals surface area contributed by atoms with Gasteiger partial charge in [0.2, 0.25) is 0 Å². The Balaban J connectivity index is 3.18. The van der Waals surface area contributed by atoms with Crippen LogP contribution in [0.2, 0.25) is 0 Å². The fourth-order valence-corrected chi connectivity index (χ4v) is 2.12. The fraction of sp³-hybridized carbons (Fsp3) is 0.421. The summed E-state index contributed by atoms with van der Waals surface area (Å²) >= 11 is 0. The minimum Gasteiger partial charge on any atom is -0.388 e. The quantitative estimate of drug-likeness (QED) is 0.365. The molecule has 25 heavy (non-hydrogen) atoms. The van der Waals surface area contributed by atoms with E-state index >= 15 is 0 Å². The van der Waals surface area contributed by atoms with Crippen molar-refractivity contribution in [1.29, 1.82) is 10.7 Å². The first kappa shape index (κ1) is 20.4. The van der Waals surface area contributed by atoms with Gasteiger partial charge in [-0.3, -0.25) is 4.99 Å². The van der Waals surface area contributed by atoms with Crippen molar-refractivity contribution < 1.29 is 4.74 Å². The van der Waals surface area contributed by atoms with Gasteiger partial charge >= 0.3 is 0 Å². The third kappa shape index (κ3) is 6.40. The van der Waals surface area contributed by atoms with Gasteiger partial charge < -0.3 is 20.8 Å². The SMILES string of the molecule is C=C(NC(=N[C@@H](C)C(=N)CCC)c1cccc(OC#N)c1)C(C)NC. The molecule has 0 radical (unpaired) electrons. The Kier molecular flexibility index (Phi) is 8.37. The van der Waals surface area contributed by atoms with Crippen LogP contribution >= 0.6 is 0 Å².